The molecule has 1 aromatic rings. The van der Waals surface area contributed by atoms with Gasteiger partial charge in [-0.3, -0.25) is 5.32 Å². The van der Waals surface area contributed by atoms with Crippen molar-refractivity contribution < 1.29 is 9.90 Å². The SMILES string of the molecule is [O]C(=O)Nc1ccccc1I. The Morgan fingerprint density at radius 2 is 2.00 bits per heavy atom. The van der Waals surface area contributed by atoms with Crippen molar-refractivity contribution in [2.45, 2.75) is 0 Å². The molecule has 0 saturated heterocycles. The van der Waals surface area contributed by atoms with E-state index in [0.717, 1.165) is 3.57 Å². The predicted molar refractivity (Wildman–Crippen MR) is 48.9 cm³/mol. The van der Waals surface area contributed by atoms with Gasteiger partial charge in [0.05, 0.1) is 5.69 Å². The Hall–Kier alpha value is -0.780. The van der Waals surface area contributed by atoms with Gasteiger partial charge in [-0.1, -0.05) is 12.1 Å². The number of amides is 1. The minimum atomic E-state index is -1.28. The van der Waals surface area contributed by atoms with Crippen LogP contribution in [0.1, 0.15) is 0 Å². The van der Waals surface area contributed by atoms with E-state index in [2.05, 4.69) is 5.32 Å². The summed E-state index contributed by atoms with van der Waals surface area (Å²) in [7, 11) is 0. The van der Waals surface area contributed by atoms with E-state index < -0.39 is 6.09 Å². The Labute approximate surface area is 77.6 Å². The number of rotatable bonds is 1. The van der Waals surface area contributed by atoms with E-state index in [1.165, 1.54) is 0 Å². The smallest absolute Gasteiger partial charge is 0.287 e. The van der Waals surface area contributed by atoms with Crippen LogP contribution in [0.2, 0.25) is 0 Å². The number of nitrogens with one attached hydrogen (secondary N) is 1. The number of carbonyl (C=O) groups excluding carboxylic acids is 1. The molecule has 0 unspecified atom stereocenters. The second-order valence-corrected chi connectivity index (χ2v) is 3.05. The first-order valence-electron chi connectivity index (χ1n) is 2.92. The Morgan fingerprint density at radius 3 is 2.55 bits per heavy atom. The third kappa shape index (κ3) is 2.38. The van der Waals surface area contributed by atoms with Crippen LogP contribution in [0, 0.1) is 3.57 Å². The molecule has 0 atom stereocenters. The van der Waals surface area contributed by atoms with Gasteiger partial charge < -0.3 is 0 Å². The first kappa shape index (κ1) is 8.32. The van der Waals surface area contributed by atoms with Crippen LogP contribution in [0.5, 0.6) is 0 Å². The number of para-hydroxylation sites is 1. The van der Waals surface area contributed by atoms with Gasteiger partial charge in [0.1, 0.15) is 0 Å². The zero-order valence-electron chi connectivity index (χ0n) is 5.50. The molecule has 0 spiro atoms. The lowest BCUT2D eigenvalue weighted by molar-refractivity contribution is 0.185. The van der Waals surface area contributed by atoms with E-state index in [9.17, 15) is 9.90 Å². The molecule has 0 saturated carbocycles. The molecule has 57 valence electrons. The van der Waals surface area contributed by atoms with Gasteiger partial charge in [0, 0.05) is 3.57 Å². The van der Waals surface area contributed by atoms with E-state index in [4.69, 9.17) is 0 Å². The van der Waals surface area contributed by atoms with Crippen LogP contribution >= 0.6 is 22.6 Å². The molecule has 0 aliphatic heterocycles. The second kappa shape index (κ2) is 3.56. The number of hydrogen-bond acceptors (Lipinski definition) is 1. The van der Waals surface area contributed by atoms with Gasteiger partial charge in [0.2, 0.25) is 0 Å². The summed E-state index contributed by atoms with van der Waals surface area (Å²) in [6.07, 6.45) is -1.28. The van der Waals surface area contributed by atoms with Crippen LogP contribution < -0.4 is 5.32 Å². The fourth-order valence-electron chi connectivity index (χ4n) is 0.673. The summed E-state index contributed by atoms with van der Waals surface area (Å²) in [5.41, 5.74) is 0.563. The van der Waals surface area contributed by atoms with Gasteiger partial charge in [0.15, 0.2) is 0 Å². The fourth-order valence-corrected chi connectivity index (χ4v) is 1.19. The maximum atomic E-state index is 10.1. The van der Waals surface area contributed by atoms with Crippen molar-refractivity contribution in [3.05, 3.63) is 27.8 Å². The molecule has 1 rings (SSSR count). The first-order valence-corrected chi connectivity index (χ1v) is 4.00. The topological polar surface area (TPSA) is 49.0 Å². The molecule has 0 aliphatic rings. The number of hydrogen-bond donors (Lipinski definition) is 1. The Morgan fingerprint density at radius 1 is 1.36 bits per heavy atom. The third-order valence-corrected chi connectivity index (χ3v) is 2.05. The summed E-state index contributed by atoms with van der Waals surface area (Å²) in [5, 5.41) is 12.3. The monoisotopic (exact) mass is 262 g/mol. The molecule has 0 aliphatic carbocycles. The van der Waals surface area contributed by atoms with Gasteiger partial charge >= 0.3 is 6.09 Å². The van der Waals surface area contributed by atoms with Crippen molar-refractivity contribution in [2.24, 2.45) is 0 Å². The van der Waals surface area contributed by atoms with E-state index in [1.807, 2.05) is 34.7 Å². The maximum Gasteiger partial charge on any atom is 0.454 e. The molecule has 0 aromatic heterocycles. The van der Waals surface area contributed by atoms with E-state index in [1.54, 1.807) is 12.1 Å². The molecular formula is C7H5INO2. The van der Waals surface area contributed by atoms with Gasteiger partial charge in [0.25, 0.3) is 0 Å². The minimum Gasteiger partial charge on any atom is -0.287 e. The largest absolute Gasteiger partial charge is 0.454 e. The Balaban J connectivity index is 2.86. The molecule has 1 amide bonds. The first-order chi connectivity index (χ1) is 5.20. The van der Waals surface area contributed by atoms with Crippen LogP contribution in [-0.2, 0) is 5.11 Å². The molecule has 1 aromatic carbocycles. The van der Waals surface area contributed by atoms with Gasteiger partial charge in [-0.25, -0.2) is 9.90 Å². The average molecular weight is 262 g/mol. The zero-order chi connectivity index (χ0) is 8.27. The molecule has 11 heavy (non-hydrogen) atoms. The molecular weight excluding hydrogens is 257 g/mol. The molecule has 0 fully saturated rings. The normalized spacial score (nSPS) is 9.18. The highest BCUT2D eigenvalue weighted by Crippen LogP contribution is 2.16. The van der Waals surface area contributed by atoms with Crippen molar-refractivity contribution in [3.63, 3.8) is 0 Å². The quantitative estimate of drug-likeness (QED) is 0.775. The second-order valence-electron chi connectivity index (χ2n) is 1.89. The molecule has 1 radical (unpaired) electrons. The van der Waals surface area contributed by atoms with Crippen molar-refractivity contribution >= 4 is 34.4 Å². The standard InChI is InChI=1S/C7H5INO2/c8-5-3-1-2-4-6(5)9-7(10)11/h1-4,9H. The number of carbonyl (C=O) groups is 1. The maximum absolute atomic E-state index is 10.1. The number of benzene rings is 1. The van der Waals surface area contributed by atoms with E-state index >= 15 is 0 Å². The van der Waals surface area contributed by atoms with Crippen LogP contribution in [-0.4, -0.2) is 6.09 Å². The molecule has 0 heterocycles. The molecule has 3 nitrogen and oxygen atoms in total. The van der Waals surface area contributed by atoms with E-state index in [-0.39, 0.29) is 0 Å². The average Bonchev–Trinajstić information content (AvgIpc) is 1.93. The van der Waals surface area contributed by atoms with E-state index in [0.29, 0.717) is 5.69 Å². The Bertz CT molecular complexity index is 275. The highest BCUT2D eigenvalue weighted by molar-refractivity contribution is 14.1. The molecule has 1 N–H and O–H groups in total. The van der Waals surface area contributed by atoms with Crippen LogP contribution in [0.25, 0.3) is 0 Å². The summed E-state index contributed by atoms with van der Waals surface area (Å²) in [6.45, 7) is 0. The summed E-state index contributed by atoms with van der Waals surface area (Å²) >= 11 is 2.04. The number of halogens is 1. The lowest BCUT2D eigenvalue weighted by atomic mass is 10.3. The molecule has 0 bridgehead atoms. The zero-order valence-corrected chi connectivity index (χ0v) is 7.66. The summed E-state index contributed by atoms with van der Waals surface area (Å²) in [4.78, 5) is 10.1. The minimum absolute atomic E-state index is 0.563. The van der Waals surface area contributed by atoms with Crippen molar-refractivity contribution in [1.82, 2.24) is 0 Å². The van der Waals surface area contributed by atoms with Crippen molar-refractivity contribution in [1.29, 1.82) is 0 Å². The number of anilines is 1. The summed E-state index contributed by atoms with van der Waals surface area (Å²) in [5.74, 6) is 0. The van der Waals surface area contributed by atoms with Crippen LogP contribution in [0.4, 0.5) is 10.5 Å². The van der Waals surface area contributed by atoms with Crippen molar-refractivity contribution in [3.8, 4) is 0 Å². The molecule has 4 heteroatoms. The van der Waals surface area contributed by atoms with Crippen LogP contribution in [0.15, 0.2) is 24.3 Å². The summed E-state index contributed by atoms with van der Waals surface area (Å²) < 4.78 is 0.856. The highest BCUT2D eigenvalue weighted by atomic mass is 127. The predicted octanol–water partition coefficient (Wildman–Crippen LogP) is 2.25. The third-order valence-electron chi connectivity index (χ3n) is 1.11. The summed E-state index contributed by atoms with van der Waals surface area (Å²) in [6, 6.07) is 7.08. The Kier molecular flexibility index (Phi) is 2.70. The highest BCUT2D eigenvalue weighted by Gasteiger charge is 2.01. The van der Waals surface area contributed by atoms with Gasteiger partial charge in [-0.2, -0.15) is 0 Å². The lowest BCUT2D eigenvalue weighted by Gasteiger charge is -2.00. The van der Waals surface area contributed by atoms with Gasteiger partial charge in [-0.15, -0.1) is 0 Å². The van der Waals surface area contributed by atoms with Crippen molar-refractivity contribution in [2.75, 3.05) is 5.32 Å². The fraction of sp³-hybridized carbons (Fsp3) is 0. The lowest BCUT2D eigenvalue weighted by Crippen LogP contribution is -2.06. The van der Waals surface area contributed by atoms with Crippen LogP contribution in [0.3, 0.4) is 0 Å². The van der Waals surface area contributed by atoms with Gasteiger partial charge in [-0.05, 0) is 34.7 Å².